The number of nitrogens with zero attached hydrogens (tertiary/aromatic N) is 1. The molecule has 24 heavy (non-hydrogen) atoms. The van der Waals surface area contributed by atoms with Crippen LogP contribution in [-0.4, -0.2) is 38.3 Å². The second-order valence-corrected chi connectivity index (χ2v) is 9.35. The molecule has 1 amide bonds. The van der Waals surface area contributed by atoms with Crippen molar-refractivity contribution < 1.29 is 17.6 Å². The van der Waals surface area contributed by atoms with Gasteiger partial charge in [0.1, 0.15) is 5.82 Å². The average Bonchev–Trinajstić information content (AvgIpc) is 2.52. The van der Waals surface area contributed by atoms with Crippen molar-refractivity contribution in [1.29, 1.82) is 0 Å². The van der Waals surface area contributed by atoms with E-state index in [0.717, 1.165) is 12.1 Å². The minimum absolute atomic E-state index is 0.0104. The molecule has 0 spiro atoms. The zero-order valence-corrected chi connectivity index (χ0v) is 15.2. The van der Waals surface area contributed by atoms with Gasteiger partial charge in [-0.2, -0.15) is 4.31 Å². The normalized spacial score (nSPS) is 17.7. The van der Waals surface area contributed by atoms with Crippen molar-refractivity contribution >= 4 is 15.9 Å². The van der Waals surface area contributed by atoms with E-state index in [1.807, 2.05) is 20.8 Å². The van der Waals surface area contributed by atoms with Gasteiger partial charge in [0.2, 0.25) is 15.9 Å². The van der Waals surface area contributed by atoms with Gasteiger partial charge in [-0.1, -0.05) is 20.8 Å². The predicted octanol–water partition coefficient (Wildman–Crippen LogP) is 2.39. The van der Waals surface area contributed by atoms with Gasteiger partial charge >= 0.3 is 0 Å². The number of amides is 1. The zero-order chi connectivity index (χ0) is 18.0. The number of piperidine rings is 1. The van der Waals surface area contributed by atoms with E-state index in [1.54, 1.807) is 0 Å². The van der Waals surface area contributed by atoms with Crippen LogP contribution in [0.25, 0.3) is 0 Å². The molecule has 2 rings (SSSR count). The average molecular weight is 356 g/mol. The Morgan fingerprint density at radius 2 is 1.75 bits per heavy atom. The molecule has 0 radical (unpaired) electrons. The first-order valence-corrected chi connectivity index (χ1v) is 9.57. The number of hydrogen-bond donors (Lipinski definition) is 1. The minimum atomic E-state index is -3.63. The monoisotopic (exact) mass is 356 g/mol. The lowest BCUT2D eigenvalue weighted by molar-refractivity contribution is -0.126. The summed E-state index contributed by atoms with van der Waals surface area (Å²) in [6.45, 7) is 7.34. The smallest absolute Gasteiger partial charge is 0.243 e. The molecule has 1 saturated heterocycles. The zero-order valence-electron chi connectivity index (χ0n) is 14.4. The topological polar surface area (TPSA) is 66.5 Å². The second kappa shape index (κ2) is 7.19. The number of benzene rings is 1. The largest absolute Gasteiger partial charge is 0.355 e. The Morgan fingerprint density at radius 3 is 2.25 bits per heavy atom. The summed E-state index contributed by atoms with van der Waals surface area (Å²) in [6.07, 6.45) is 0.993. The maximum absolute atomic E-state index is 13.0. The lowest BCUT2D eigenvalue weighted by Crippen LogP contribution is -2.44. The van der Waals surface area contributed by atoms with Crippen molar-refractivity contribution in [2.75, 3.05) is 19.6 Å². The summed E-state index contributed by atoms with van der Waals surface area (Å²) in [6, 6.07) is 4.82. The Balaban J connectivity index is 1.94. The molecular formula is C17H25FN2O3S. The Bertz CT molecular complexity index is 673. The van der Waals surface area contributed by atoms with Gasteiger partial charge in [0.25, 0.3) is 0 Å². The van der Waals surface area contributed by atoms with Crippen molar-refractivity contribution in [2.45, 2.75) is 38.5 Å². The van der Waals surface area contributed by atoms with Crippen LogP contribution in [0.4, 0.5) is 4.39 Å². The molecule has 1 aliphatic heterocycles. The molecular weight excluding hydrogens is 331 g/mol. The fourth-order valence-electron chi connectivity index (χ4n) is 2.61. The summed E-state index contributed by atoms with van der Waals surface area (Å²) in [5, 5.41) is 2.94. The molecule has 1 fully saturated rings. The maximum Gasteiger partial charge on any atom is 0.243 e. The van der Waals surface area contributed by atoms with Gasteiger partial charge in [-0.25, -0.2) is 12.8 Å². The van der Waals surface area contributed by atoms with E-state index in [2.05, 4.69) is 5.32 Å². The molecule has 0 aliphatic carbocycles. The van der Waals surface area contributed by atoms with Crippen LogP contribution in [0.1, 0.15) is 33.6 Å². The van der Waals surface area contributed by atoms with Crippen molar-refractivity contribution in [3.63, 3.8) is 0 Å². The molecule has 0 unspecified atom stereocenters. The van der Waals surface area contributed by atoms with Crippen LogP contribution < -0.4 is 5.32 Å². The van der Waals surface area contributed by atoms with Crippen LogP contribution in [0.15, 0.2) is 29.2 Å². The van der Waals surface area contributed by atoms with Crippen LogP contribution in [0.3, 0.4) is 0 Å². The fraction of sp³-hybridized carbons (Fsp3) is 0.588. The van der Waals surface area contributed by atoms with E-state index in [9.17, 15) is 17.6 Å². The molecule has 0 atom stereocenters. The minimum Gasteiger partial charge on any atom is -0.355 e. The van der Waals surface area contributed by atoms with Gasteiger partial charge in [-0.15, -0.1) is 0 Å². The third kappa shape index (κ3) is 4.77. The van der Waals surface area contributed by atoms with Gasteiger partial charge in [-0.3, -0.25) is 4.79 Å². The fourth-order valence-corrected chi connectivity index (χ4v) is 4.08. The maximum atomic E-state index is 13.0. The van der Waals surface area contributed by atoms with Gasteiger partial charge < -0.3 is 5.32 Å². The molecule has 5 nitrogen and oxygen atoms in total. The first-order valence-electron chi connectivity index (χ1n) is 8.13. The highest BCUT2D eigenvalue weighted by Crippen LogP contribution is 2.24. The SMILES string of the molecule is CC(C)(C)CNC(=O)C1CCN(S(=O)(=O)c2ccc(F)cc2)CC1. The lowest BCUT2D eigenvalue weighted by atomic mass is 9.94. The van der Waals surface area contributed by atoms with Crippen LogP contribution in [0.5, 0.6) is 0 Å². The first-order chi connectivity index (χ1) is 11.1. The highest BCUT2D eigenvalue weighted by Gasteiger charge is 2.32. The molecule has 1 aromatic carbocycles. The van der Waals surface area contributed by atoms with E-state index < -0.39 is 15.8 Å². The van der Waals surface area contributed by atoms with Gasteiger partial charge in [0.15, 0.2) is 0 Å². The highest BCUT2D eigenvalue weighted by molar-refractivity contribution is 7.89. The Morgan fingerprint density at radius 1 is 1.21 bits per heavy atom. The summed E-state index contributed by atoms with van der Waals surface area (Å²) in [5.41, 5.74) is 0.0162. The predicted molar refractivity (Wildman–Crippen MR) is 90.3 cm³/mol. The van der Waals surface area contributed by atoms with Crippen LogP contribution in [-0.2, 0) is 14.8 Å². The molecule has 1 N–H and O–H groups in total. The van der Waals surface area contributed by atoms with Crippen molar-refractivity contribution in [3.05, 3.63) is 30.1 Å². The van der Waals surface area contributed by atoms with Crippen LogP contribution >= 0.6 is 0 Å². The quantitative estimate of drug-likeness (QED) is 0.901. The molecule has 0 saturated carbocycles. The molecule has 0 bridgehead atoms. The van der Waals surface area contributed by atoms with Crippen molar-refractivity contribution in [1.82, 2.24) is 9.62 Å². The number of carbonyl (C=O) groups excluding carboxylic acids is 1. The molecule has 7 heteroatoms. The summed E-state index contributed by atoms with van der Waals surface area (Å²) >= 11 is 0. The third-order valence-electron chi connectivity index (χ3n) is 4.07. The van der Waals surface area contributed by atoms with Crippen molar-refractivity contribution in [2.24, 2.45) is 11.3 Å². The highest BCUT2D eigenvalue weighted by atomic mass is 32.2. The summed E-state index contributed by atoms with van der Waals surface area (Å²) in [5.74, 6) is -0.640. The number of hydrogen-bond acceptors (Lipinski definition) is 3. The number of sulfonamides is 1. The molecule has 134 valence electrons. The van der Waals surface area contributed by atoms with Gasteiger partial charge in [0.05, 0.1) is 4.90 Å². The second-order valence-electron chi connectivity index (χ2n) is 7.41. The number of nitrogens with one attached hydrogen (secondary N) is 1. The summed E-state index contributed by atoms with van der Waals surface area (Å²) in [4.78, 5) is 12.3. The summed E-state index contributed by atoms with van der Waals surface area (Å²) < 4.78 is 39.4. The van der Waals surface area contributed by atoms with E-state index in [1.165, 1.54) is 16.4 Å². The summed E-state index contributed by atoms with van der Waals surface area (Å²) in [7, 11) is -3.63. The van der Waals surface area contributed by atoms with Crippen LogP contribution in [0.2, 0.25) is 0 Å². The van der Waals surface area contributed by atoms with E-state index >= 15 is 0 Å². The van der Waals surface area contributed by atoms with E-state index in [0.29, 0.717) is 32.5 Å². The molecule has 1 aromatic rings. The third-order valence-corrected chi connectivity index (χ3v) is 5.98. The van der Waals surface area contributed by atoms with E-state index in [-0.39, 0.29) is 22.1 Å². The van der Waals surface area contributed by atoms with Crippen molar-refractivity contribution in [3.8, 4) is 0 Å². The molecule has 1 heterocycles. The Labute approximate surface area is 143 Å². The van der Waals surface area contributed by atoms with Gasteiger partial charge in [0, 0.05) is 25.6 Å². The first kappa shape index (κ1) is 18.9. The molecule has 0 aromatic heterocycles. The standard InChI is InChI=1S/C17H25FN2O3S/c1-17(2,3)12-19-16(21)13-8-10-20(11-9-13)24(22,23)15-6-4-14(18)5-7-15/h4-7,13H,8-12H2,1-3H3,(H,19,21). The number of halogens is 1. The van der Waals surface area contributed by atoms with Crippen LogP contribution in [0, 0.1) is 17.2 Å². The van der Waals surface area contributed by atoms with E-state index in [4.69, 9.17) is 0 Å². The molecule has 1 aliphatic rings. The Kier molecular flexibility index (Phi) is 5.65. The Hall–Kier alpha value is -1.47. The van der Waals surface area contributed by atoms with Gasteiger partial charge in [-0.05, 0) is 42.5 Å². The lowest BCUT2D eigenvalue weighted by Gasteiger charge is -2.31. The number of rotatable bonds is 4. The number of carbonyl (C=O) groups is 1.